The number of ether oxygens (including phenoxy) is 1. The lowest BCUT2D eigenvalue weighted by Gasteiger charge is -2.26. The fourth-order valence-electron chi connectivity index (χ4n) is 1.12. The van der Waals surface area contributed by atoms with E-state index in [0.29, 0.717) is 6.42 Å². The standard InChI is InChI=1S/C8H17NO3/c1-6(10)5-8(2,3)9-7(11)12-4/h6,10H,5H2,1-4H3,(H,9,11). The maximum Gasteiger partial charge on any atom is 0.407 e. The average molecular weight is 175 g/mol. The van der Waals surface area contributed by atoms with Crippen molar-refractivity contribution in [2.75, 3.05) is 7.11 Å². The Kier molecular flexibility index (Phi) is 4.03. The molecule has 0 bridgehead atoms. The van der Waals surface area contributed by atoms with Crippen LogP contribution in [-0.2, 0) is 4.74 Å². The van der Waals surface area contributed by atoms with Gasteiger partial charge in [-0.1, -0.05) is 0 Å². The van der Waals surface area contributed by atoms with Gasteiger partial charge in [0.05, 0.1) is 13.2 Å². The monoisotopic (exact) mass is 175 g/mol. The number of hydrogen-bond donors (Lipinski definition) is 2. The predicted octanol–water partition coefficient (Wildman–Crippen LogP) is 0.892. The van der Waals surface area contributed by atoms with Crippen molar-refractivity contribution in [3.63, 3.8) is 0 Å². The van der Waals surface area contributed by atoms with Crippen LogP contribution in [0.4, 0.5) is 4.79 Å². The van der Waals surface area contributed by atoms with Gasteiger partial charge in [0, 0.05) is 5.54 Å². The molecule has 0 spiro atoms. The van der Waals surface area contributed by atoms with Gasteiger partial charge in [-0.05, 0) is 27.2 Å². The summed E-state index contributed by atoms with van der Waals surface area (Å²) in [6.07, 6.45) is -0.403. The molecule has 2 N–H and O–H groups in total. The Balaban J connectivity index is 3.94. The van der Waals surface area contributed by atoms with Gasteiger partial charge in [-0.15, -0.1) is 0 Å². The zero-order chi connectivity index (χ0) is 9.78. The zero-order valence-corrected chi connectivity index (χ0v) is 8.05. The van der Waals surface area contributed by atoms with Crippen molar-refractivity contribution >= 4 is 6.09 Å². The third kappa shape index (κ3) is 4.96. The summed E-state index contributed by atoms with van der Waals surface area (Å²) >= 11 is 0. The van der Waals surface area contributed by atoms with Crippen molar-refractivity contribution < 1.29 is 14.6 Å². The van der Waals surface area contributed by atoms with Crippen LogP contribution in [-0.4, -0.2) is 30.0 Å². The molecule has 0 saturated heterocycles. The summed E-state index contributed by atoms with van der Waals surface area (Å²) in [5.41, 5.74) is -0.429. The summed E-state index contributed by atoms with van der Waals surface area (Å²) in [7, 11) is 1.31. The molecule has 72 valence electrons. The van der Waals surface area contributed by atoms with E-state index in [-0.39, 0.29) is 0 Å². The maximum absolute atomic E-state index is 10.8. The van der Waals surface area contributed by atoms with Crippen molar-refractivity contribution in [3.05, 3.63) is 0 Å². The van der Waals surface area contributed by atoms with Gasteiger partial charge in [0.25, 0.3) is 0 Å². The summed E-state index contributed by atoms with van der Waals surface area (Å²) in [4.78, 5) is 10.8. The van der Waals surface area contributed by atoms with E-state index in [1.807, 2.05) is 13.8 Å². The number of aliphatic hydroxyl groups is 1. The first-order chi connectivity index (χ1) is 5.37. The Morgan fingerprint density at radius 2 is 2.17 bits per heavy atom. The highest BCUT2D eigenvalue weighted by Gasteiger charge is 2.22. The van der Waals surface area contributed by atoms with Gasteiger partial charge >= 0.3 is 6.09 Å². The van der Waals surface area contributed by atoms with E-state index in [1.165, 1.54) is 7.11 Å². The molecule has 0 aliphatic rings. The molecule has 0 rings (SSSR count). The molecule has 4 nitrogen and oxygen atoms in total. The second-order valence-corrected chi connectivity index (χ2v) is 3.55. The third-order valence-electron chi connectivity index (χ3n) is 1.43. The highest BCUT2D eigenvalue weighted by Crippen LogP contribution is 2.11. The molecule has 1 atom stereocenters. The van der Waals surface area contributed by atoms with Crippen LogP contribution in [0.5, 0.6) is 0 Å². The minimum atomic E-state index is -0.472. The van der Waals surface area contributed by atoms with Gasteiger partial charge in [-0.3, -0.25) is 0 Å². The van der Waals surface area contributed by atoms with Gasteiger partial charge in [0.15, 0.2) is 0 Å². The van der Waals surface area contributed by atoms with Crippen LogP contribution in [0.2, 0.25) is 0 Å². The largest absolute Gasteiger partial charge is 0.453 e. The summed E-state index contributed by atoms with van der Waals surface area (Å²) < 4.78 is 4.44. The lowest BCUT2D eigenvalue weighted by atomic mass is 9.98. The Morgan fingerprint density at radius 3 is 2.50 bits per heavy atom. The fourth-order valence-corrected chi connectivity index (χ4v) is 1.12. The SMILES string of the molecule is COC(=O)NC(C)(C)CC(C)O. The number of aliphatic hydroxyl groups excluding tert-OH is 1. The Labute approximate surface area is 72.9 Å². The van der Waals surface area contributed by atoms with E-state index in [0.717, 1.165) is 0 Å². The van der Waals surface area contributed by atoms with Crippen molar-refractivity contribution in [2.45, 2.75) is 38.8 Å². The molecule has 1 unspecified atom stereocenters. The summed E-state index contributed by atoms with van der Waals surface area (Å²) in [6, 6.07) is 0. The van der Waals surface area contributed by atoms with Gasteiger partial charge in [-0.25, -0.2) is 4.79 Å². The van der Waals surface area contributed by atoms with E-state index in [1.54, 1.807) is 6.92 Å². The number of rotatable bonds is 3. The minimum Gasteiger partial charge on any atom is -0.453 e. The van der Waals surface area contributed by atoms with Crippen LogP contribution >= 0.6 is 0 Å². The summed E-state index contributed by atoms with van der Waals surface area (Å²) in [5.74, 6) is 0. The van der Waals surface area contributed by atoms with E-state index in [9.17, 15) is 4.79 Å². The van der Waals surface area contributed by atoms with Crippen LogP contribution in [0.3, 0.4) is 0 Å². The maximum atomic E-state index is 10.8. The molecule has 0 radical (unpaired) electrons. The van der Waals surface area contributed by atoms with E-state index >= 15 is 0 Å². The van der Waals surface area contributed by atoms with Gasteiger partial charge < -0.3 is 15.2 Å². The van der Waals surface area contributed by atoms with Gasteiger partial charge in [-0.2, -0.15) is 0 Å². The number of carbonyl (C=O) groups is 1. The molecule has 12 heavy (non-hydrogen) atoms. The molecular formula is C8H17NO3. The van der Waals surface area contributed by atoms with E-state index in [4.69, 9.17) is 5.11 Å². The minimum absolute atomic E-state index is 0.429. The zero-order valence-electron chi connectivity index (χ0n) is 8.05. The second-order valence-electron chi connectivity index (χ2n) is 3.55. The molecule has 0 saturated carbocycles. The third-order valence-corrected chi connectivity index (χ3v) is 1.43. The number of alkyl carbamates (subject to hydrolysis) is 1. The second kappa shape index (κ2) is 4.30. The van der Waals surface area contributed by atoms with Crippen LogP contribution in [0, 0.1) is 0 Å². The first-order valence-electron chi connectivity index (χ1n) is 3.91. The summed E-state index contributed by atoms with van der Waals surface area (Å²) in [5, 5.41) is 11.7. The van der Waals surface area contributed by atoms with Crippen LogP contribution in [0.1, 0.15) is 27.2 Å². The smallest absolute Gasteiger partial charge is 0.407 e. The Hall–Kier alpha value is -0.770. The number of methoxy groups -OCH3 is 1. The van der Waals surface area contributed by atoms with E-state index < -0.39 is 17.7 Å². The van der Waals surface area contributed by atoms with Crippen molar-refractivity contribution in [1.29, 1.82) is 0 Å². The van der Waals surface area contributed by atoms with Crippen LogP contribution < -0.4 is 5.32 Å². The highest BCUT2D eigenvalue weighted by molar-refractivity contribution is 5.67. The molecule has 0 fully saturated rings. The van der Waals surface area contributed by atoms with Gasteiger partial charge in [0.2, 0.25) is 0 Å². The van der Waals surface area contributed by atoms with Crippen molar-refractivity contribution in [1.82, 2.24) is 5.32 Å². The molecule has 0 aromatic heterocycles. The normalized spacial score (nSPS) is 13.8. The molecule has 0 aliphatic heterocycles. The molecule has 0 aromatic rings. The quantitative estimate of drug-likeness (QED) is 0.669. The first kappa shape index (κ1) is 11.2. The lowest BCUT2D eigenvalue weighted by molar-refractivity contribution is 0.128. The molecule has 0 aliphatic carbocycles. The molecular weight excluding hydrogens is 158 g/mol. The predicted molar refractivity (Wildman–Crippen MR) is 45.9 cm³/mol. The average Bonchev–Trinajstić information content (AvgIpc) is 1.83. The van der Waals surface area contributed by atoms with E-state index in [2.05, 4.69) is 10.1 Å². The lowest BCUT2D eigenvalue weighted by Crippen LogP contribution is -2.45. The highest BCUT2D eigenvalue weighted by atomic mass is 16.5. The van der Waals surface area contributed by atoms with Gasteiger partial charge in [0.1, 0.15) is 0 Å². The Morgan fingerprint density at radius 1 is 1.67 bits per heavy atom. The van der Waals surface area contributed by atoms with Crippen LogP contribution in [0.15, 0.2) is 0 Å². The number of amides is 1. The molecule has 4 heteroatoms. The Bertz CT molecular complexity index is 154. The first-order valence-corrected chi connectivity index (χ1v) is 3.91. The number of hydrogen-bond acceptors (Lipinski definition) is 3. The molecule has 0 heterocycles. The summed E-state index contributed by atoms with van der Waals surface area (Å²) in [6.45, 7) is 5.34. The fraction of sp³-hybridized carbons (Fsp3) is 0.875. The van der Waals surface area contributed by atoms with Crippen molar-refractivity contribution in [3.8, 4) is 0 Å². The van der Waals surface area contributed by atoms with Crippen LogP contribution in [0.25, 0.3) is 0 Å². The molecule has 1 amide bonds. The van der Waals surface area contributed by atoms with Crippen molar-refractivity contribution in [2.24, 2.45) is 0 Å². The molecule has 0 aromatic carbocycles. The number of carbonyl (C=O) groups excluding carboxylic acids is 1. The number of nitrogens with one attached hydrogen (secondary N) is 1. The topological polar surface area (TPSA) is 58.6 Å².